The number of nitrogens with two attached hydrogens (primary N) is 1. The first-order valence-corrected chi connectivity index (χ1v) is 5.87. The first-order chi connectivity index (χ1) is 8.19. The summed E-state index contributed by atoms with van der Waals surface area (Å²) in [5.74, 6) is 1.56. The van der Waals surface area contributed by atoms with E-state index in [9.17, 15) is 0 Å². The Morgan fingerprint density at radius 2 is 2.00 bits per heavy atom. The summed E-state index contributed by atoms with van der Waals surface area (Å²) in [7, 11) is 1.64. The maximum absolute atomic E-state index is 5.53. The van der Waals surface area contributed by atoms with Gasteiger partial charge in [0.05, 0.1) is 29.7 Å². The van der Waals surface area contributed by atoms with E-state index in [2.05, 4.69) is 25.9 Å². The van der Waals surface area contributed by atoms with Gasteiger partial charge in [0.1, 0.15) is 11.6 Å². The number of rotatable bonds is 3. The second kappa shape index (κ2) is 5.14. The van der Waals surface area contributed by atoms with Crippen LogP contribution in [0.2, 0.25) is 0 Å². The Morgan fingerprint density at radius 1 is 1.29 bits per heavy atom. The molecule has 0 aliphatic heterocycles. The molecule has 4 nitrogen and oxygen atoms in total. The number of hydrogen-bond donors (Lipinski definition) is 1. The van der Waals surface area contributed by atoms with Gasteiger partial charge in [-0.2, -0.15) is 0 Å². The van der Waals surface area contributed by atoms with Gasteiger partial charge in [-0.15, -0.1) is 0 Å². The van der Waals surface area contributed by atoms with Gasteiger partial charge in [0.15, 0.2) is 0 Å². The van der Waals surface area contributed by atoms with Gasteiger partial charge >= 0.3 is 0 Å². The molecule has 0 radical (unpaired) electrons. The third-order valence-corrected chi connectivity index (χ3v) is 2.92. The third kappa shape index (κ3) is 2.94. The number of ether oxygens (including phenoxy) is 1. The zero-order chi connectivity index (χ0) is 12.3. The molecule has 2 rings (SSSR count). The fraction of sp³-hybridized carbons (Fsp3) is 0.167. The van der Waals surface area contributed by atoms with E-state index < -0.39 is 0 Å². The lowest BCUT2D eigenvalue weighted by atomic mass is 10.1. The van der Waals surface area contributed by atoms with Crippen LogP contribution in [0.15, 0.2) is 35.1 Å². The van der Waals surface area contributed by atoms with E-state index in [0.717, 1.165) is 21.6 Å². The van der Waals surface area contributed by atoms with Crippen LogP contribution in [-0.4, -0.2) is 17.1 Å². The second-order valence-electron chi connectivity index (χ2n) is 3.58. The molecule has 0 fully saturated rings. The number of nitrogens with zero attached hydrogens (tertiary/aromatic N) is 2. The highest BCUT2D eigenvalue weighted by Gasteiger charge is 2.03. The van der Waals surface area contributed by atoms with Crippen molar-refractivity contribution in [2.24, 2.45) is 0 Å². The molecule has 5 heteroatoms. The zero-order valence-corrected chi connectivity index (χ0v) is 10.9. The largest absolute Gasteiger partial charge is 0.496 e. The summed E-state index contributed by atoms with van der Waals surface area (Å²) in [5.41, 5.74) is 7.22. The molecular weight excluding hydrogens is 282 g/mol. The number of nitrogen functional groups attached to an aromatic ring is 1. The lowest BCUT2D eigenvalue weighted by molar-refractivity contribution is 0.412. The Balaban J connectivity index is 2.19. The maximum Gasteiger partial charge on any atom is 0.133 e. The van der Waals surface area contributed by atoms with Gasteiger partial charge < -0.3 is 10.5 Å². The topological polar surface area (TPSA) is 61.0 Å². The predicted molar refractivity (Wildman–Crippen MR) is 69.9 cm³/mol. The van der Waals surface area contributed by atoms with Crippen LogP contribution in [0.5, 0.6) is 5.75 Å². The summed E-state index contributed by atoms with van der Waals surface area (Å²) in [6.45, 7) is 0. The first-order valence-electron chi connectivity index (χ1n) is 5.08. The minimum absolute atomic E-state index is 0.574. The average Bonchev–Trinajstić information content (AvgIpc) is 2.32. The summed E-state index contributed by atoms with van der Waals surface area (Å²) in [5, 5.41) is 0. The number of anilines is 1. The molecule has 88 valence electrons. The predicted octanol–water partition coefficient (Wildman–Crippen LogP) is 2.42. The molecule has 1 heterocycles. The molecule has 0 saturated carbocycles. The molecule has 0 saturated heterocycles. The molecule has 17 heavy (non-hydrogen) atoms. The van der Waals surface area contributed by atoms with Crippen LogP contribution in [0.3, 0.4) is 0 Å². The third-order valence-electron chi connectivity index (χ3n) is 2.30. The van der Waals surface area contributed by atoms with Crippen molar-refractivity contribution in [3.8, 4) is 5.75 Å². The number of benzene rings is 1. The second-order valence-corrected chi connectivity index (χ2v) is 4.43. The number of aromatic nitrogens is 2. The lowest BCUT2D eigenvalue weighted by Crippen LogP contribution is -1.98. The number of hydrogen-bond acceptors (Lipinski definition) is 4. The summed E-state index contributed by atoms with van der Waals surface area (Å²) in [4.78, 5) is 8.33. The first kappa shape index (κ1) is 11.9. The minimum atomic E-state index is 0.574. The summed E-state index contributed by atoms with van der Waals surface area (Å²) < 4.78 is 6.10. The Labute approximate surface area is 108 Å². The van der Waals surface area contributed by atoms with Crippen molar-refractivity contribution in [2.45, 2.75) is 6.42 Å². The van der Waals surface area contributed by atoms with Gasteiger partial charge in [0, 0.05) is 6.42 Å². The van der Waals surface area contributed by atoms with Crippen molar-refractivity contribution < 1.29 is 4.74 Å². The zero-order valence-electron chi connectivity index (χ0n) is 9.35. The van der Waals surface area contributed by atoms with E-state index in [0.29, 0.717) is 12.1 Å². The Kier molecular flexibility index (Phi) is 3.58. The van der Waals surface area contributed by atoms with Crippen LogP contribution < -0.4 is 10.5 Å². The highest BCUT2D eigenvalue weighted by Crippen LogP contribution is 2.26. The van der Waals surface area contributed by atoms with Gasteiger partial charge in [-0.1, -0.05) is 6.07 Å². The van der Waals surface area contributed by atoms with Gasteiger partial charge in [0.2, 0.25) is 0 Å². The Morgan fingerprint density at radius 3 is 2.59 bits per heavy atom. The van der Waals surface area contributed by atoms with Crippen LogP contribution in [0, 0.1) is 0 Å². The molecule has 0 spiro atoms. The summed E-state index contributed by atoms with van der Waals surface area (Å²) in [6, 6.07) is 5.90. The standard InChI is InChI=1S/C12H12BrN3O/c1-17-11-3-2-8(4-10(11)13)5-12-15-6-9(14)7-16-12/h2-4,6-7H,5,14H2,1H3. The van der Waals surface area contributed by atoms with Crippen molar-refractivity contribution in [3.63, 3.8) is 0 Å². The smallest absolute Gasteiger partial charge is 0.133 e. The molecule has 2 N–H and O–H groups in total. The van der Waals surface area contributed by atoms with E-state index >= 15 is 0 Å². The molecule has 0 unspecified atom stereocenters. The fourth-order valence-corrected chi connectivity index (χ4v) is 2.05. The molecule has 1 aromatic heterocycles. The van der Waals surface area contributed by atoms with Gasteiger partial charge in [-0.25, -0.2) is 9.97 Å². The van der Waals surface area contributed by atoms with Crippen molar-refractivity contribution >= 4 is 21.6 Å². The van der Waals surface area contributed by atoms with Crippen LogP contribution >= 0.6 is 15.9 Å². The number of halogens is 1. The molecule has 2 aromatic rings. The van der Waals surface area contributed by atoms with Crippen LogP contribution in [0.25, 0.3) is 0 Å². The van der Waals surface area contributed by atoms with E-state index in [1.54, 1.807) is 19.5 Å². The molecule has 0 bridgehead atoms. The van der Waals surface area contributed by atoms with Crippen molar-refractivity contribution in [1.82, 2.24) is 9.97 Å². The molecule has 1 aromatic carbocycles. The molecule has 0 aliphatic carbocycles. The minimum Gasteiger partial charge on any atom is -0.496 e. The normalized spacial score (nSPS) is 10.2. The average molecular weight is 294 g/mol. The lowest BCUT2D eigenvalue weighted by Gasteiger charge is -2.05. The van der Waals surface area contributed by atoms with Crippen molar-refractivity contribution in [3.05, 3.63) is 46.5 Å². The molecule has 0 amide bonds. The van der Waals surface area contributed by atoms with E-state index in [-0.39, 0.29) is 0 Å². The summed E-state index contributed by atoms with van der Waals surface area (Å²) >= 11 is 3.45. The Bertz CT molecular complexity index is 514. The highest BCUT2D eigenvalue weighted by molar-refractivity contribution is 9.10. The fourth-order valence-electron chi connectivity index (χ4n) is 1.46. The summed E-state index contributed by atoms with van der Waals surface area (Å²) in [6.07, 6.45) is 3.89. The van der Waals surface area contributed by atoms with E-state index in [4.69, 9.17) is 10.5 Å². The molecular formula is C12H12BrN3O. The van der Waals surface area contributed by atoms with Crippen molar-refractivity contribution in [1.29, 1.82) is 0 Å². The Hall–Kier alpha value is -1.62. The van der Waals surface area contributed by atoms with Crippen LogP contribution in [-0.2, 0) is 6.42 Å². The maximum atomic E-state index is 5.53. The van der Waals surface area contributed by atoms with Gasteiger partial charge in [-0.3, -0.25) is 0 Å². The molecule has 0 atom stereocenters. The SMILES string of the molecule is COc1ccc(Cc2ncc(N)cn2)cc1Br. The molecule has 0 aliphatic rings. The quantitative estimate of drug-likeness (QED) is 0.944. The highest BCUT2D eigenvalue weighted by atomic mass is 79.9. The number of methoxy groups -OCH3 is 1. The van der Waals surface area contributed by atoms with E-state index in [1.807, 2.05) is 18.2 Å². The van der Waals surface area contributed by atoms with Crippen LogP contribution in [0.4, 0.5) is 5.69 Å². The van der Waals surface area contributed by atoms with Crippen molar-refractivity contribution in [2.75, 3.05) is 12.8 Å². The van der Waals surface area contributed by atoms with Crippen LogP contribution in [0.1, 0.15) is 11.4 Å². The van der Waals surface area contributed by atoms with E-state index in [1.165, 1.54) is 0 Å². The monoisotopic (exact) mass is 293 g/mol. The van der Waals surface area contributed by atoms with Gasteiger partial charge in [0.25, 0.3) is 0 Å². The van der Waals surface area contributed by atoms with Gasteiger partial charge in [-0.05, 0) is 33.6 Å².